The molecule has 3 N–H and O–H groups in total. The Morgan fingerprint density at radius 3 is 2.89 bits per heavy atom. The van der Waals surface area contributed by atoms with Crippen LogP contribution in [0.4, 0.5) is 11.4 Å². The van der Waals surface area contributed by atoms with Gasteiger partial charge in [0, 0.05) is 11.1 Å². The number of thiazole rings is 1. The molecule has 0 radical (unpaired) electrons. The van der Waals surface area contributed by atoms with Crippen molar-refractivity contribution in [1.29, 1.82) is 0 Å². The molecule has 5 nitrogen and oxygen atoms in total. The molecule has 0 spiro atoms. The van der Waals surface area contributed by atoms with Crippen molar-refractivity contribution in [3.8, 4) is 5.75 Å². The van der Waals surface area contributed by atoms with Crippen molar-refractivity contribution in [3.05, 3.63) is 34.3 Å². The maximum Gasteiger partial charge on any atom is 0.275 e. The minimum atomic E-state index is -0.275. The Kier molecular flexibility index (Phi) is 3.47. The van der Waals surface area contributed by atoms with Crippen LogP contribution < -0.4 is 15.8 Å². The van der Waals surface area contributed by atoms with Crippen LogP contribution in [0.3, 0.4) is 0 Å². The fourth-order valence-electron chi connectivity index (χ4n) is 1.48. The fourth-order valence-corrected chi connectivity index (χ4v) is 2.07. The Balaban J connectivity index is 2.23. The van der Waals surface area contributed by atoms with Crippen LogP contribution in [0.25, 0.3) is 0 Å². The minimum absolute atomic E-state index is 0.275. The maximum absolute atomic E-state index is 11.9. The molecule has 0 bridgehead atoms. The van der Waals surface area contributed by atoms with Crippen LogP contribution in [0, 0.1) is 6.92 Å². The van der Waals surface area contributed by atoms with Gasteiger partial charge in [0.15, 0.2) is 0 Å². The Labute approximate surface area is 109 Å². The number of nitrogens with one attached hydrogen (secondary N) is 1. The van der Waals surface area contributed by atoms with Gasteiger partial charge >= 0.3 is 0 Å². The molecular weight excluding hydrogens is 250 g/mol. The van der Waals surface area contributed by atoms with E-state index in [4.69, 9.17) is 10.5 Å². The molecule has 0 saturated heterocycles. The molecule has 1 amide bonds. The zero-order valence-electron chi connectivity index (χ0n) is 10.1. The van der Waals surface area contributed by atoms with E-state index < -0.39 is 0 Å². The smallest absolute Gasteiger partial charge is 0.275 e. The predicted molar refractivity (Wildman–Crippen MR) is 72.2 cm³/mol. The van der Waals surface area contributed by atoms with Gasteiger partial charge < -0.3 is 15.8 Å². The van der Waals surface area contributed by atoms with E-state index in [0.29, 0.717) is 22.8 Å². The first-order valence-electron chi connectivity index (χ1n) is 5.27. The zero-order valence-corrected chi connectivity index (χ0v) is 10.9. The van der Waals surface area contributed by atoms with Gasteiger partial charge in [-0.2, -0.15) is 0 Å². The lowest BCUT2D eigenvalue weighted by Gasteiger charge is -2.09. The first-order chi connectivity index (χ1) is 8.60. The van der Waals surface area contributed by atoms with Crippen LogP contribution in [0.1, 0.15) is 15.5 Å². The van der Waals surface area contributed by atoms with Crippen LogP contribution in [-0.2, 0) is 0 Å². The van der Waals surface area contributed by atoms with Crippen LogP contribution in [0.15, 0.2) is 23.6 Å². The van der Waals surface area contributed by atoms with E-state index in [2.05, 4.69) is 10.3 Å². The summed E-state index contributed by atoms with van der Waals surface area (Å²) in [5.41, 5.74) is 7.16. The topological polar surface area (TPSA) is 77.2 Å². The molecule has 1 heterocycles. The molecule has 0 aliphatic rings. The third-order valence-corrected chi connectivity index (χ3v) is 3.10. The zero-order chi connectivity index (χ0) is 13.1. The summed E-state index contributed by atoms with van der Waals surface area (Å²) < 4.78 is 5.15. The molecular formula is C12H13N3O2S. The number of nitrogens with two attached hydrogens (primary N) is 1. The van der Waals surface area contributed by atoms with Gasteiger partial charge in [0.05, 0.1) is 17.8 Å². The second-order valence-corrected chi connectivity index (χ2v) is 4.73. The average molecular weight is 263 g/mol. The molecule has 18 heavy (non-hydrogen) atoms. The molecule has 0 atom stereocenters. The second-order valence-electron chi connectivity index (χ2n) is 3.67. The van der Waals surface area contributed by atoms with E-state index in [9.17, 15) is 4.79 Å². The first kappa shape index (κ1) is 12.4. The monoisotopic (exact) mass is 263 g/mol. The number of anilines is 2. The quantitative estimate of drug-likeness (QED) is 0.833. The highest BCUT2D eigenvalue weighted by Gasteiger charge is 2.12. The van der Waals surface area contributed by atoms with Crippen LogP contribution in [0.5, 0.6) is 5.75 Å². The molecule has 1 aromatic heterocycles. The third kappa shape index (κ3) is 2.60. The normalized spacial score (nSPS) is 10.1. The van der Waals surface area contributed by atoms with Gasteiger partial charge in [-0.1, -0.05) is 0 Å². The summed E-state index contributed by atoms with van der Waals surface area (Å²) in [6, 6.07) is 5.06. The van der Waals surface area contributed by atoms with E-state index in [0.717, 1.165) is 5.01 Å². The number of carbonyl (C=O) groups excluding carboxylic acids is 1. The van der Waals surface area contributed by atoms with Crippen LogP contribution >= 0.6 is 11.3 Å². The molecule has 0 saturated carbocycles. The lowest BCUT2D eigenvalue weighted by molar-refractivity contribution is 0.102. The number of carbonyl (C=O) groups is 1. The van der Waals surface area contributed by atoms with Gasteiger partial charge in [-0.25, -0.2) is 4.98 Å². The molecule has 0 unspecified atom stereocenters. The Hall–Kier alpha value is -2.08. The minimum Gasteiger partial charge on any atom is -0.495 e. The standard InChI is InChI=1S/C12H13N3O2S/c1-7-14-10(6-18-7)12(16)15-9-5-8(13)3-4-11(9)17-2/h3-6H,13H2,1-2H3,(H,15,16). The molecule has 0 fully saturated rings. The number of methoxy groups -OCH3 is 1. The highest BCUT2D eigenvalue weighted by molar-refractivity contribution is 7.09. The average Bonchev–Trinajstić information content (AvgIpc) is 2.76. The van der Waals surface area contributed by atoms with Crippen molar-refractivity contribution >= 4 is 28.6 Å². The fraction of sp³-hybridized carbons (Fsp3) is 0.167. The first-order valence-corrected chi connectivity index (χ1v) is 6.15. The number of nitrogens with zero attached hydrogens (tertiary/aromatic N) is 1. The van der Waals surface area contributed by atoms with Gasteiger partial charge in [0.2, 0.25) is 0 Å². The van der Waals surface area contributed by atoms with Gasteiger partial charge in [-0.15, -0.1) is 11.3 Å². The van der Waals surface area contributed by atoms with Crippen LogP contribution in [0.2, 0.25) is 0 Å². The number of rotatable bonds is 3. The van der Waals surface area contributed by atoms with Gasteiger partial charge in [0.25, 0.3) is 5.91 Å². The van der Waals surface area contributed by atoms with Crippen molar-refractivity contribution in [2.24, 2.45) is 0 Å². The van der Waals surface area contributed by atoms with E-state index in [1.807, 2.05) is 6.92 Å². The van der Waals surface area contributed by atoms with Crippen LogP contribution in [-0.4, -0.2) is 18.0 Å². The van der Waals surface area contributed by atoms with E-state index in [1.165, 1.54) is 18.4 Å². The molecule has 94 valence electrons. The lowest BCUT2D eigenvalue weighted by Crippen LogP contribution is -2.13. The molecule has 2 rings (SSSR count). The SMILES string of the molecule is COc1ccc(N)cc1NC(=O)c1csc(C)n1. The summed E-state index contributed by atoms with van der Waals surface area (Å²) >= 11 is 1.43. The summed E-state index contributed by atoms with van der Waals surface area (Å²) in [5.74, 6) is 0.285. The number of amides is 1. The Morgan fingerprint density at radius 1 is 1.50 bits per heavy atom. The highest BCUT2D eigenvalue weighted by atomic mass is 32.1. The van der Waals surface area contributed by atoms with Crippen molar-refractivity contribution in [3.63, 3.8) is 0 Å². The second kappa shape index (κ2) is 5.05. The lowest BCUT2D eigenvalue weighted by atomic mass is 10.2. The molecule has 6 heteroatoms. The molecule has 0 aliphatic heterocycles. The molecule has 2 aromatic rings. The number of hydrogen-bond acceptors (Lipinski definition) is 5. The Bertz CT molecular complexity index is 580. The third-order valence-electron chi connectivity index (χ3n) is 2.32. The number of ether oxygens (including phenoxy) is 1. The summed E-state index contributed by atoms with van der Waals surface area (Å²) in [6.07, 6.45) is 0. The highest BCUT2D eigenvalue weighted by Crippen LogP contribution is 2.27. The predicted octanol–water partition coefficient (Wildman–Crippen LogP) is 2.29. The van der Waals surface area contributed by atoms with E-state index >= 15 is 0 Å². The van der Waals surface area contributed by atoms with E-state index in [-0.39, 0.29) is 5.91 Å². The van der Waals surface area contributed by atoms with Gasteiger partial charge in [0.1, 0.15) is 11.4 Å². The molecule has 1 aromatic carbocycles. The van der Waals surface area contributed by atoms with Crippen molar-refractivity contribution in [2.75, 3.05) is 18.2 Å². The summed E-state index contributed by atoms with van der Waals surface area (Å²) in [5, 5.41) is 5.29. The number of nitrogen functional groups attached to an aromatic ring is 1. The molecule has 0 aliphatic carbocycles. The Morgan fingerprint density at radius 2 is 2.28 bits per heavy atom. The summed E-state index contributed by atoms with van der Waals surface area (Å²) in [4.78, 5) is 16.1. The summed E-state index contributed by atoms with van der Waals surface area (Å²) in [7, 11) is 1.54. The number of benzene rings is 1. The number of aryl methyl sites for hydroxylation is 1. The maximum atomic E-state index is 11.9. The number of aromatic nitrogens is 1. The summed E-state index contributed by atoms with van der Waals surface area (Å²) in [6.45, 7) is 1.85. The van der Waals surface area contributed by atoms with Crippen molar-refractivity contribution < 1.29 is 9.53 Å². The van der Waals surface area contributed by atoms with Crippen molar-refractivity contribution in [1.82, 2.24) is 4.98 Å². The van der Waals surface area contributed by atoms with Gasteiger partial charge in [-0.05, 0) is 25.1 Å². The van der Waals surface area contributed by atoms with Crippen molar-refractivity contribution in [2.45, 2.75) is 6.92 Å². The number of hydrogen-bond donors (Lipinski definition) is 2. The van der Waals surface area contributed by atoms with Gasteiger partial charge in [-0.3, -0.25) is 4.79 Å². The largest absolute Gasteiger partial charge is 0.495 e. The van der Waals surface area contributed by atoms with E-state index in [1.54, 1.807) is 23.6 Å².